The monoisotopic (exact) mass is 290 g/mol. The Morgan fingerprint density at radius 2 is 2.17 bits per heavy atom. The van der Waals surface area contributed by atoms with Crippen molar-refractivity contribution in [3.05, 3.63) is 29.0 Å². The first-order valence-electron chi connectivity index (χ1n) is 5.71. The van der Waals surface area contributed by atoms with E-state index in [2.05, 4.69) is 5.43 Å². The highest BCUT2D eigenvalue weighted by atomic mass is 35.5. The Morgan fingerprint density at radius 1 is 1.39 bits per heavy atom. The predicted octanol–water partition coefficient (Wildman–Crippen LogP) is 3.12. The third-order valence-corrected chi connectivity index (χ3v) is 3.74. The van der Waals surface area contributed by atoms with Crippen LogP contribution in [-0.4, -0.2) is 11.7 Å². The van der Waals surface area contributed by atoms with E-state index in [1.165, 1.54) is 6.07 Å². The van der Waals surface area contributed by atoms with E-state index in [-0.39, 0.29) is 10.9 Å². The van der Waals surface area contributed by atoms with Crippen LogP contribution in [0.1, 0.15) is 25.7 Å². The highest BCUT2D eigenvalue weighted by Gasteiger charge is 2.02. The lowest BCUT2D eigenvalue weighted by Gasteiger charge is -2.03. The molecular formula is C12H16ClFN2OS. The number of hydrazine groups is 1. The molecule has 1 aromatic carbocycles. The number of thioether (sulfide) groups is 1. The molecule has 0 aromatic heterocycles. The summed E-state index contributed by atoms with van der Waals surface area (Å²) in [5, 5.41) is 0.152. The second-order valence-electron chi connectivity index (χ2n) is 3.80. The van der Waals surface area contributed by atoms with Crippen molar-refractivity contribution in [2.45, 2.75) is 30.6 Å². The minimum atomic E-state index is -0.395. The van der Waals surface area contributed by atoms with Crippen LogP contribution in [0.25, 0.3) is 0 Å². The van der Waals surface area contributed by atoms with Crippen LogP contribution < -0.4 is 11.3 Å². The van der Waals surface area contributed by atoms with E-state index in [0.717, 1.165) is 29.9 Å². The van der Waals surface area contributed by atoms with Gasteiger partial charge < -0.3 is 0 Å². The van der Waals surface area contributed by atoms with Gasteiger partial charge in [-0.15, -0.1) is 11.8 Å². The lowest BCUT2D eigenvalue weighted by molar-refractivity contribution is -0.121. The summed E-state index contributed by atoms with van der Waals surface area (Å²) in [6.07, 6.45) is 3.25. The van der Waals surface area contributed by atoms with E-state index >= 15 is 0 Å². The fourth-order valence-corrected chi connectivity index (χ4v) is 2.59. The first-order chi connectivity index (χ1) is 8.63. The van der Waals surface area contributed by atoms with Crippen LogP contribution in [0.2, 0.25) is 5.02 Å². The SMILES string of the molecule is NNC(=O)CCCCCSc1ccc(F)c(Cl)c1. The molecule has 0 aliphatic heterocycles. The van der Waals surface area contributed by atoms with E-state index in [9.17, 15) is 9.18 Å². The van der Waals surface area contributed by atoms with Gasteiger partial charge >= 0.3 is 0 Å². The number of carbonyl (C=O) groups is 1. The molecule has 0 unspecified atom stereocenters. The molecule has 1 amide bonds. The van der Waals surface area contributed by atoms with Crippen molar-refractivity contribution >= 4 is 29.3 Å². The van der Waals surface area contributed by atoms with E-state index in [4.69, 9.17) is 17.4 Å². The maximum atomic E-state index is 12.9. The van der Waals surface area contributed by atoms with E-state index in [1.54, 1.807) is 23.9 Å². The van der Waals surface area contributed by atoms with Gasteiger partial charge in [-0.3, -0.25) is 10.2 Å². The molecule has 0 heterocycles. The highest BCUT2D eigenvalue weighted by Crippen LogP contribution is 2.24. The molecule has 0 saturated carbocycles. The molecule has 0 aliphatic rings. The molecule has 3 N–H and O–H groups in total. The Bertz CT molecular complexity index is 404. The molecule has 0 radical (unpaired) electrons. The van der Waals surface area contributed by atoms with Crippen molar-refractivity contribution in [2.24, 2.45) is 5.84 Å². The van der Waals surface area contributed by atoms with Crippen LogP contribution in [0.15, 0.2) is 23.1 Å². The largest absolute Gasteiger partial charge is 0.294 e. The summed E-state index contributed by atoms with van der Waals surface area (Å²) < 4.78 is 12.9. The van der Waals surface area contributed by atoms with Gasteiger partial charge in [-0.05, 0) is 36.8 Å². The van der Waals surface area contributed by atoms with Crippen molar-refractivity contribution in [1.29, 1.82) is 0 Å². The summed E-state index contributed by atoms with van der Waals surface area (Å²) in [5.74, 6) is 5.37. The van der Waals surface area contributed by atoms with Crippen LogP contribution in [-0.2, 0) is 4.79 Å². The van der Waals surface area contributed by atoms with Gasteiger partial charge in [-0.1, -0.05) is 18.0 Å². The molecular weight excluding hydrogens is 275 g/mol. The molecule has 0 bridgehead atoms. The number of nitrogens with two attached hydrogens (primary N) is 1. The van der Waals surface area contributed by atoms with Crippen molar-refractivity contribution in [3.63, 3.8) is 0 Å². The Morgan fingerprint density at radius 3 is 2.83 bits per heavy atom. The number of rotatable bonds is 7. The molecule has 0 spiro atoms. The molecule has 0 fully saturated rings. The lowest BCUT2D eigenvalue weighted by atomic mass is 10.2. The first kappa shape index (κ1) is 15.3. The summed E-state index contributed by atoms with van der Waals surface area (Å²) >= 11 is 7.31. The number of amides is 1. The van der Waals surface area contributed by atoms with Crippen molar-refractivity contribution < 1.29 is 9.18 Å². The molecule has 0 atom stereocenters. The number of unbranched alkanes of at least 4 members (excludes halogenated alkanes) is 2. The Labute approximate surface area is 115 Å². The van der Waals surface area contributed by atoms with Gasteiger partial charge in [0.25, 0.3) is 0 Å². The van der Waals surface area contributed by atoms with E-state index in [0.29, 0.717) is 6.42 Å². The normalized spacial score (nSPS) is 10.4. The zero-order valence-electron chi connectivity index (χ0n) is 9.92. The Balaban J connectivity index is 2.14. The highest BCUT2D eigenvalue weighted by molar-refractivity contribution is 7.99. The van der Waals surface area contributed by atoms with Crippen molar-refractivity contribution in [1.82, 2.24) is 5.43 Å². The standard InChI is InChI=1S/C12H16ClFN2OS/c13-10-8-9(5-6-11(10)14)18-7-3-1-2-4-12(17)16-15/h5-6,8H,1-4,7,15H2,(H,16,17). The Hall–Kier alpha value is -0.780. The molecule has 6 heteroatoms. The fraction of sp³-hybridized carbons (Fsp3) is 0.417. The van der Waals surface area contributed by atoms with Gasteiger partial charge in [0.15, 0.2) is 0 Å². The smallest absolute Gasteiger partial charge is 0.233 e. The first-order valence-corrected chi connectivity index (χ1v) is 7.07. The number of benzene rings is 1. The average molecular weight is 291 g/mol. The fourth-order valence-electron chi connectivity index (χ4n) is 1.39. The van der Waals surface area contributed by atoms with Gasteiger partial charge in [0, 0.05) is 11.3 Å². The van der Waals surface area contributed by atoms with Crippen LogP contribution in [0, 0.1) is 5.82 Å². The topological polar surface area (TPSA) is 55.1 Å². The minimum absolute atomic E-state index is 0.132. The molecule has 18 heavy (non-hydrogen) atoms. The van der Waals surface area contributed by atoms with Crippen LogP contribution in [0.3, 0.4) is 0 Å². The second-order valence-corrected chi connectivity index (χ2v) is 5.38. The average Bonchev–Trinajstić information content (AvgIpc) is 2.37. The van der Waals surface area contributed by atoms with Gasteiger partial charge in [-0.2, -0.15) is 0 Å². The third-order valence-electron chi connectivity index (χ3n) is 2.37. The number of hydrogen-bond acceptors (Lipinski definition) is 3. The third kappa shape index (κ3) is 5.71. The van der Waals surface area contributed by atoms with Crippen LogP contribution in [0.4, 0.5) is 4.39 Å². The van der Waals surface area contributed by atoms with Crippen LogP contribution >= 0.6 is 23.4 Å². The number of nitrogens with one attached hydrogen (secondary N) is 1. The molecule has 100 valence electrons. The number of carbonyl (C=O) groups excluding carboxylic acids is 1. The van der Waals surface area contributed by atoms with Gasteiger partial charge in [0.2, 0.25) is 5.91 Å². The molecule has 0 aliphatic carbocycles. The van der Waals surface area contributed by atoms with Gasteiger partial charge in [0.1, 0.15) is 5.82 Å². The zero-order valence-corrected chi connectivity index (χ0v) is 11.5. The van der Waals surface area contributed by atoms with E-state index < -0.39 is 5.82 Å². The summed E-state index contributed by atoms with van der Waals surface area (Å²) in [6, 6.07) is 4.72. The van der Waals surface area contributed by atoms with E-state index in [1.807, 2.05) is 0 Å². The van der Waals surface area contributed by atoms with Crippen molar-refractivity contribution in [2.75, 3.05) is 5.75 Å². The predicted molar refractivity (Wildman–Crippen MR) is 72.9 cm³/mol. The van der Waals surface area contributed by atoms with Crippen LogP contribution in [0.5, 0.6) is 0 Å². The lowest BCUT2D eigenvalue weighted by Crippen LogP contribution is -2.29. The molecule has 1 aromatic rings. The van der Waals surface area contributed by atoms with Gasteiger partial charge in [0.05, 0.1) is 5.02 Å². The second kappa shape index (κ2) is 8.34. The molecule has 1 rings (SSSR count). The molecule has 0 saturated heterocycles. The number of hydrogen-bond donors (Lipinski definition) is 2. The molecule has 3 nitrogen and oxygen atoms in total. The quantitative estimate of drug-likeness (QED) is 0.267. The summed E-state index contributed by atoms with van der Waals surface area (Å²) in [4.78, 5) is 11.8. The maximum absolute atomic E-state index is 12.9. The number of halogens is 2. The Kier molecular flexibility index (Phi) is 7.08. The summed E-state index contributed by atoms with van der Waals surface area (Å²) in [7, 11) is 0. The summed E-state index contributed by atoms with van der Waals surface area (Å²) in [5.41, 5.74) is 2.10. The summed E-state index contributed by atoms with van der Waals surface area (Å²) in [6.45, 7) is 0. The zero-order chi connectivity index (χ0) is 13.4. The minimum Gasteiger partial charge on any atom is -0.294 e. The van der Waals surface area contributed by atoms with Crippen molar-refractivity contribution in [3.8, 4) is 0 Å². The maximum Gasteiger partial charge on any atom is 0.233 e. The van der Waals surface area contributed by atoms with Gasteiger partial charge in [-0.25, -0.2) is 10.2 Å².